The van der Waals surface area contributed by atoms with Gasteiger partial charge in [-0.3, -0.25) is 4.79 Å². The van der Waals surface area contributed by atoms with Crippen LogP contribution in [0.4, 0.5) is 0 Å². The minimum Gasteiger partial charge on any atom is -0.480 e. The van der Waals surface area contributed by atoms with Gasteiger partial charge < -0.3 is 10.0 Å². The molecule has 0 bridgehead atoms. The van der Waals surface area contributed by atoms with Crippen LogP contribution in [0.5, 0.6) is 0 Å². The number of aliphatic carboxylic acids is 1. The predicted molar refractivity (Wildman–Crippen MR) is 68.0 cm³/mol. The minimum atomic E-state index is -0.847. The van der Waals surface area contributed by atoms with Crippen molar-refractivity contribution < 1.29 is 14.7 Å². The van der Waals surface area contributed by atoms with E-state index < -0.39 is 12.0 Å². The lowest BCUT2D eigenvalue weighted by atomic mass is 9.83. The van der Waals surface area contributed by atoms with Crippen LogP contribution in [0.1, 0.15) is 38.5 Å². The van der Waals surface area contributed by atoms with Gasteiger partial charge in [0.2, 0.25) is 5.91 Å². The number of carbonyl (C=O) groups excluding carboxylic acids is 1. The zero-order valence-electron chi connectivity index (χ0n) is 10.7. The number of nitrogens with zero attached hydrogens (tertiary/aromatic N) is 1. The van der Waals surface area contributed by atoms with E-state index in [0.717, 1.165) is 25.7 Å². The maximum absolute atomic E-state index is 11.9. The van der Waals surface area contributed by atoms with Gasteiger partial charge in [0.15, 0.2) is 0 Å². The lowest BCUT2D eigenvalue weighted by Crippen LogP contribution is -2.47. The normalized spacial score (nSPS) is 27.2. The van der Waals surface area contributed by atoms with Gasteiger partial charge in [-0.1, -0.05) is 25.3 Å². The average Bonchev–Trinajstić information content (AvgIpc) is 2.72. The van der Waals surface area contributed by atoms with Crippen molar-refractivity contribution in [3.8, 4) is 0 Å². The van der Waals surface area contributed by atoms with Crippen LogP contribution in [-0.4, -0.2) is 34.5 Å². The summed E-state index contributed by atoms with van der Waals surface area (Å²) in [6.07, 6.45) is 7.39. The number of hydrogen-bond donors (Lipinski definition) is 1. The highest BCUT2D eigenvalue weighted by atomic mass is 16.4. The van der Waals surface area contributed by atoms with Crippen LogP contribution in [0, 0.1) is 11.8 Å². The SMILES string of the molecule is C=CC1CC(=O)N(C(C(=O)O)C2CCCCC2)C1. The van der Waals surface area contributed by atoms with E-state index in [9.17, 15) is 14.7 Å². The summed E-state index contributed by atoms with van der Waals surface area (Å²) in [6.45, 7) is 4.23. The minimum absolute atomic E-state index is 0.0297. The largest absolute Gasteiger partial charge is 0.480 e. The highest BCUT2D eigenvalue weighted by molar-refractivity contribution is 5.85. The van der Waals surface area contributed by atoms with Crippen LogP contribution in [0.25, 0.3) is 0 Å². The molecular formula is C14H21NO3. The Morgan fingerprint density at radius 1 is 1.39 bits per heavy atom. The number of carboxylic acids is 1. The van der Waals surface area contributed by atoms with Crippen LogP contribution in [0.15, 0.2) is 12.7 Å². The molecule has 18 heavy (non-hydrogen) atoms. The fourth-order valence-electron chi connectivity index (χ4n) is 3.23. The molecule has 0 spiro atoms. The zero-order valence-corrected chi connectivity index (χ0v) is 10.7. The summed E-state index contributed by atoms with van der Waals surface area (Å²) in [5.74, 6) is -0.635. The molecule has 0 radical (unpaired) electrons. The number of likely N-dealkylation sites (tertiary alicyclic amines) is 1. The molecule has 2 atom stereocenters. The summed E-state index contributed by atoms with van der Waals surface area (Å²) in [5, 5.41) is 9.44. The molecule has 1 saturated heterocycles. The molecule has 4 nitrogen and oxygen atoms in total. The summed E-state index contributed by atoms with van der Waals surface area (Å²) in [7, 11) is 0. The van der Waals surface area contributed by atoms with Crippen LogP contribution in [0.2, 0.25) is 0 Å². The van der Waals surface area contributed by atoms with Crippen molar-refractivity contribution in [3.63, 3.8) is 0 Å². The van der Waals surface area contributed by atoms with Gasteiger partial charge in [0.25, 0.3) is 0 Å². The third kappa shape index (κ3) is 2.57. The Hall–Kier alpha value is -1.32. The van der Waals surface area contributed by atoms with Gasteiger partial charge >= 0.3 is 5.97 Å². The van der Waals surface area contributed by atoms with E-state index in [1.165, 1.54) is 6.42 Å². The van der Waals surface area contributed by atoms with Gasteiger partial charge in [-0.15, -0.1) is 6.58 Å². The van der Waals surface area contributed by atoms with E-state index in [1.54, 1.807) is 11.0 Å². The van der Waals surface area contributed by atoms with Crippen molar-refractivity contribution in [2.75, 3.05) is 6.54 Å². The zero-order chi connectivity index (χ0) is 13.1. The molecule has 0 aromatic rings. The predicted octanol–water partition coefficient (Wildman–Crippen LogP) is 2.05. The van der Waals surface area contributed by atoms with Crippen molar-refractivity contribution in [1.82, 2.24) is 4.90 Å². The molecule has 1 amide bonds. The first-order valence-electron chi connectivity index (χ1n) is 6.78. The van der Waals surface area contributed by atoms with Gasteiger partial charge in [0, 0.05) is 18.9 Å². The Bertz CT molecular complexity index is 347. The highest BCUT2D eigenvalue weighted by Gasteiger charge is 2.41. The van der Waals surface area contributed by atoms with Crippen molar-refractivity contribution in [1.29, 1.82) is 0 Å². The Balaban J connectivity index is 2.12. The summed E-state index contributed by atoms with van der Waals surface area (Å²) in [5.41, 5.74) is 0. The fourth-order valence-corrected chi connectivity index (χ4v) is 3.23. The topological polar surface area (TPSA) is 57.6 Å². The van der Waals surface area contributed by atoms with E-state index in [-0.39, 0.29) is 17.7 Å². The average molecular weight is 251 g/mol. The molecule has 1 N–H and O–H groups in total. The van der Waals surface area contributed by atoms with Gasteiger partial charge in [0.05, 0.1) is 0 Å². The van der Waals surface area contributed by atoms with E-state index in [1.807, 2.05) is 0 Å². The van der Waals surface area contributed by atoms with Crippen LogP contribution in [0.3, 0.4) is 0 Å². The molecule has 100 valence electrons. The maximum atomic E-state index is 11.9. The van der Waals surface area contributed by atoms with Crippen LogP contribution >= 0.6 is 0 Å². The Morgan fingerprint density at radius 3 is 2.56 bits per heavy atom. The quantitative estimate of drug-likeness (QED) is 0.778. The first kappa shape index (κ1) is 13.1. The molecule has 4 heteroatoms. The maximum Gasteiger partial charge on any atom is 0.326 e. The second-order valence-electron chi connectivity index (χ2n) is 5.43. The van der Waals surface area contributed by atoms with Gasteiger partial charge in [-0.05, 0) is 18.8 Å². The van der Waals surface area contributed by atoms with Crippen molar-refractivity contribution in [2.24, 2.45) is 11.8 Å². The summed E-state index contributed by atoms with van der Waals surface area (Å²) < 4.78 is 0. The number of amides is 1. The highest BCUT2D eigenvalue weighted by Crippen LogP contribution is 2.32. The van der Waals surface area contributed by atoms with Crippen molar-refractivity contribution in [3.05, 3.63) is 12.7 Å². The Kier molecular flexibility index (Phi) is 4.04. The van der Waals surface area contributed by atoms with Crippen molar-refractivity contribution >= 4 is 11.9 Å². The number of carbonyl (C=O) groups is 2. The molecule has 2 unspecified atom stereocenters. The molecule has 0 aromatic carbocycles. The third-order valence-corrected chi connectivity index (χ3v) is 4.21. The monoisotopic (exact) mass is 251 g/mol. The molecule has 1 heterocycles. The Morgan fingerprint density at radius 2 is 2.06 bits per heavy atom. The van der Waals surface area contributed by atoms with Gasteiger partial charge in [-0.25, -0.2) is 4.79 Å². The summed E-state index contributed by atoms with van der Waals surface area (Å²) in [4.78, 5) is 25.0. The number of hydrogen-bond acceptors (Lipinski definition) is 2. The molecule has 1 aliphatic carbocycles. The number of rotatable bonds is 4. The van der Waals surface area contributed by atoms with Gasteiger partial charge in [0.1, 0.15) is 6.04 Å². The smallest absolute Gasteiger partial charge is 0.326 e. The third-order valence-electron chi connectivity index (χ3n) is 4.21. The molecule has 0 aromatic heterocycles. The number of carboxylic acid groups (broad SMARTS) is 1. The standard InChI is InChI=1S/C14H21NO3/c1-2-10-8-12(16)15(9-10)13(14(17)18)11-6-4-3-5-7-11/h2,10-11,13H,1,3-9H2,(H,17,18). The fraction of sp³-hybridized carbons (Fsp3) is 0.714. The first-order valence-corrected chi connectivity index (χ1v) is 6.78. The molecular weight excluding hydrogens is 230 g/mol. The lowest BCUT2D eigenvalue weighted by molar-refractivity contribution is -0.151. The van der Waals surface area contributed by atoms with E-state index in [0.29, 0.717) is 13.0 Å². The Labute approximate surface area is 108 Å². The molecule has 1 saturated carbocycles. The first-order chi connectivity index (χ1) is 8.63. The molecule has 2 aliphatic rings. The second-order valence-corrected chi connectivity index (χ2v) is 5.43. The molecule has 2 fully saturated rings. The van der Waals surface area contributed by atoms with Gasteiger partial charge in [-0.2, -0.15) is 0 Å². The summed E-state index contributed by atoms with van der Waals surface area (Å²) in [6, 6.07) is -0.622. The van der Waals surface area contributed by atoms with Crippen molar-refractivity contribution in [2.45, 2.75) is 44.6 Å². The van der Waals surface area contributed by atoms with E-state index >= 15 is 0 Å². The van der Waals surface area contributed by atoms with Crippen LogP contribution in [-0.2, 0) is 9.59 Å². The van der Waals surface area contributed by atoms with E-state index in [2.05, 4.69) is 6.58 Å². The molecule has 1 aliphatic heterocycles. The van der Waals surface area contributed by atoms with Crippen LogP contribution < -0.4 is 0 Å². The second kappa shape index (κ2) is 5.55. The lowest BCUT2D eigenvalue weighted by Gasteiger charge is -2.33. The summed E-state index contributed by atoms with van der Waals surface area (Å²) >= 11 is 0. The van der Waals surface area contributed by atoms with E-state index in [4.69, 9.17) is 0 Å². The molecule has 2 rings (SSSR count).